The van der Waals surface area contributed by atoms with Gasteiger partial charge in [-0.3, -0.25) is 9.59 Å². The summed E-state index contributed by atoms with van der Waals surface area (Å²) < 4.78 is 39.3. The molecular formula is C9H5F3O3. The number of hydrogen-bond donors (Lipinski definition) is 0. The van der Waals surface area contributed by atoms with Crippen molar-refractivity contribution in [3.05, 3.63) is 29.3 Å². The fraction of sp³-hybridized carbons (Fsp3) is 0.111. The molecule has 0 aromatic heterocycles. The van der Waals surface area contributed by atoms with E-state index in [2.05, 4.69) is 4.74 Å². The van der Waals surface area contributed by atoms with E-state index in [0.29, 0.717) is 0 Å². The SMILES string of the molecule is O=Cc1cccc(C=O)c1OC(F)(F)F. The summed E-state index contributed by atoms with van der Waals surface area (Å²) in [5.74, 6) is -0.769. The minimum Gasteiger partial charge on any atom is -0.404 e. The number of ether oxygens (including phenoxy) is 1. The third kappa shape index (κ3) is 2.80. The number of aldehydes is 2. The number of rotatable bonds is 3. The predicted octanol–water partition coefficient (Wildman–Crippen LogP) is 2.21. The molecule has 0 amide bonds. The summed E-state index contributed by atoms with van der Waals surface area (Å²) in [6.45, 7) is 0. The normalized spacial score (nSPS) is 10.9. The van der Waals surface area contributed by atoms with Crippen molar-refractivity contribution in [2.24, 2.45) is 0 Å². The van der Waals surface area contributed by atoms with Crippen LogP contribution < -0.4 is 4.74 Å². The van der Waals surface area contributed by atoms with Crippen LogP contribution in [0.5, 0.6) is 5.75 Å². The summed E-state index contributed by atoms with van der Waals surface area (Å²) in [6.07, 6.45) is -4.56. The Morgan fingerprint density at radius 1 is 1.07 bits per heavy atom. The van der Waals surface area contributed by atoms with Crippen LogP contribution in [0.4, 0.5) is 13.2 Å². The number of para-hydroxylation sites is 1. The maximum Gasteiger partial charge on any atom is 0.573 e. The lowest BCUT2D eigenvalue weighted by atomic mass is 10.1. The second-order valence-electron chi connectivity index (χ2n) is 2.55. The molecule has 0 fully saturated rings. The van der Waals surface area contributed by atoms with Gasteiger partial charge in [-0.25, -0.2) is 0 Å². The van der Waals surface area contributed by atoms with Crippen LogP contribution in [-0.2, 0) is 0 Å². The van der Waals surface area contributed by atoms with E-state index in [1.54, 1.807) is 0 Å². The van der Waals surface area contributed by atoms with Crippen LogP contribution >= 0.6 is 0 Å². The fourth-order valence-corrected chi connectivity index (χ4v) is 0.993. The third-order valence-electron chi connectivity index (χ3n) is 1.55. The van der Waals surface area contributed by atoms with Gasteiger partial charge < -0.3 is 4.74 Å². The van der Waals surface area contributed by atoms with E-state index < -0.39 is 12.1 Å². The van der Waals surface area contributed by atoms with Crippen molar-refractivity contribution in [3.63, 3.8) is 0 Å². The molecule has 0 unspecified atom stereocenters. The predicted molar refractivity (Wildman–Crippen MR) is 43.9 cm³/mol. The lowest BCUT2D eigenvalue weighted by Gasteiger charge is -2.12. The molecule has 80 valence electrons. The van der Waals surface area contributed by atoms with Crippen LogP contribution in [0, 0.1) is 0 Å². The smallest absolute Gasteiger partial charge is 0.404 e. The molecule has 0 N–H and O–H groups in total. The van der Waals surface area contributed by atoms with Gasteiger partial charge in [-0.1, -0.05) is 6.07 Å². The average Bonchev–Trinajstić information content (AvgIpc) is 2.16. The zero-order valence-corrected chi connectivity index (χ0v) is 7.25. The highest BCUT2D eigenvalue weighted by Crippen LogP contribution is 2.28. The third-order valence-corrected chi connectivity index (χ3v) is 1.55. The molecule has 15 heavy (non-hydrogen) atoms. The molecule has 0 aliphatic carbocycles. The number of carbonyl (C=O) groups is 2. The summed E-state index contributed by atoms with van der Waals surface area (Å²) in [7, 11) is 0. The van der Waals surface area contributed by atoms with Crippen molar-refractivity contribution in [1.29, 1.82) is 0 Å². The minimum atomic E-state index is -4.93. The lowest BCUT2D eigenvalue weighted by molar-refractivity contribution is -0.274. The van der Waals surface area contributed by atoms with Gasteiger partial charge in [0.2, 0.25) is 0 Å². The molecule has 0 bridgehead atoms. The largest absolute Gasteiger partial charge is 0.573 e. The quantitative estimate of drug-likeness (QED) is 0.730. The summed E-state index contributed by atoms with van der Waals surface area (Å²) in [5, 5.41) is 0. The van der Waals surface area contributed by atoms with Crippen molar-refractivity contribution >= 4 is 12.6 Å². The first-order chi connectivity index (χ1) is 6.98. The van der Waals surface area contributed by atoms with Gasteiger partial charge in [0.25, 0.3) is 0 Å². The van der Waals surface area contributed by atoms with Crippen molar-refractivity contribution in [1.82, 2.24) is 0 Å². The number of halogens is 3. The summed E-state index contributed by atoms with van der Waals surface area (Å²) in [6, 6.07) is 3.54. The van der Waals surface area contributed by atoms with Gasteiger partial charge in [-0.15, -0.1) is 13.2 Å². The maximum atomic E-state index is 11.9. The zero-order valence-electron chi connectivity index (χ0n) is 7.25. The Bertz CT molecular complexity index is 358. The molecule has 6 heteroatoms. The van der Waals surface area contributed by atoms with E-state index in [0.717, 1.165) is 12.1 Å². The Kier molecular flexibility index (Phi) is 3.08. The second-order valence-corrected chi connectivity index (χ2v) is 2.55. The molecule has 0 saturated heterocycles. The molecule has 0 aliphatic heterocycles. The Hall–Kier alpha value is -1.85. The van der Waals surface area contributed by atoms with Gasteiger partial charge in [0.15, 0.2) is 12.6 Å². The Balaban J connectivity index is 3.22. The van der Waals surface area contributed by atoms with Crippen molar-refractivity contribution in [3.8, 4) is 5.75 Å². The molecular weight excluding hydrogens is 213 g/mol. The number of hydrogen-bond acceptors (Lipinski definition) is 3. The molecule has 0 saturated carbocycles. The maximum absolute atomic E-state index is 11.9. The van der Waals surface area contributed by atoms with Crippen LogP contribution in [-0.4, -0.2) is 18.9 Å². The van der Waals surface area contributed by atoms with Crippen LogP contribution in [0.25, 0.3) is 0 Å². The number of benzene rings is 1. The molecule has 1 rings (SSSR count). The topological polar surface area (TPSA) is 43.4 Å². The van der Waals surface area contributed by atoms with Gasteiger partial charge in [-0.2, -0.15) is 0 Å². The molecule has 1 aromatic carbocycles. The second kappa shape index (κ2) is 4.12. The van der Waals surface area contributed by atoms with Gasteiger partial charge >= 0.3 is 6.36 Å². The minimum absolute atomic E-state index is 0.189. The van der Waals surface area contributed by atoms with E-state index in [1.165, 1.54) is 6.07 Å². The Morgan fingerprint density at radius 3 is 1.87 bits per heavy atom. The fourth-order valence-electron chi connectivity index (χ4n) is 0.993. The van der Waals surface area contributed by atoms with Crippen molar-refractivity contribution in [2.45, 2.75) is 6.36 Å². The van der Waals surface area contributed by atoms with E-state index in [9.17, 15) is 22.8 Å². The molecule has 0 aliphatic rings. The van der Waals surface area contributed by atoms with Crippen LogP contribution in [0.2, 0.25) is 0 Å². The number of carbonyl (C=O) groups excluding carboxylic acids is 2. The van der Waals surface area contributed by atoms with Gasteiger partial charge in [0.05, 0.1) is 11.1 Å². The van der Waals surface area contributed by atoms with Crippen molar-refractivity contribution in [2.75, 3.05) is 0 Å². The zero-order chi connectivity index (χ0) is 11.5. The summed E-state index contributed by atoms with van der Waals surface area (Å²) >= 11 is 0. The van der Waals surface area contributed by atoms with E-state index >= 15 is 0 Å². The highest BCUT2D eigenvalue weighted by atomic mass is 19.4. The number of alkyl halides is 3. The molecule has 0 spiro atoms. The monoisotopic (exact) mass is 218 g/mol. The van der Waals surface area contributed by atoms with E-state index in [4.69, 9.17) is 0 Å². The molecule has 0 heterocycles. The lowest BCUT2D eigenvalue weighted by Crippen LogP contribution is -2.19. The van der Waals surface area contributed by atoms with Gasteiger partial charge in [0.1, 0.15) is 5.75 Å². The first-order valence-electron chi connectivity index (χ1n) is 3.77. The van der Waals surface area contributed by atoms with Crippen LogP contribution in [0.3, 0.4) is 0 Å². The summed E-state index contributed by atoms with van der Waals surface area (Å²) in [5.41, 5.74) is -0.645. The molecule has 1 aromatic rings. The van der Waals surface area contributed by atoms with Crippen molar-refractivity contribution < 1.29 is 27.5 Å². The van der Waals surface area contributed by atoms with E-state index in [-0.39, 0.29) is 23.7 Å². The first kappa shape index (κ1) is 11.2. The van der Waals surface area contributed by atoms with Crippen LogP contribution in [0.1, 0.15) is 20.7 Å². The van der Waals surface area contributed by atoms with Gasteiger partial charge in [0, 0.05) is 0 Å². The average molecular weight is 218 g/mol. The highest BCUT2D eigenvalue weighted by molar-refractivity contribution is 5.88. The molecule has 0 atom stereocenters. The Labute approximate surface area is 82.5 Å². The summed E-state index contributed by atoms with van der Waals surface area (Å²) in [4.78, 5) is 20.8. The Morgan fingerprint density at radius 2 is 1.53 bits per heavy atom. The molecule has 0 radical (unpaired) electrons. The highest BCUT2D eigenvalue weighted by Gasteiger charge is 2.33. The van der Waals surface area contributed by atoms with Crippen LogP contribution in [0.15, 0.2) is 18.2 Å². The molecule has 3 nitrogen and oxygen atoms in total. The first-order valence-corrected chi connectivity index (χ1v) is 3.77. The van der Waals surface area contributed by atoms with Gasteiger partial charge in [-0.05, 0) is 12.1 Å². The standard InChI is InChI=1S/C9H5F3O3/c10-9(11,12)15-8-6(4-13)2-1-3-7(8)5-14/h1-5H. The van der Waals surface area contributed by atoms with E-state index in [1.807, 2.05) is 0 Å².